The molecule has 0 bridgehead atoms. The number of amides is 5. The van der Waals surface area contributed by atoms with Gasteiger partial charge < -0.3 is 64.3 Å². The van der Waals surface area contributed by atoms with Crippen LogP contribution in [0.3, 0.4) is 0 Å². The summed E-state index contributed by atoms with van der Waals surface area (Å²) in [6, 6.07) is 28.5. The van der Waals surface area contributed by atoms with E-state index in [2.05, 4.69) is 56.1 Å². The van der Waals surface area contributed by atoms with E-state index in [9.17, 15) is 48.3 Å². The fraction of sp³-hybridized carbons (Fsp3) is 0.536. The fourth-order valence-electron chi connectivity index (χ4n) is 10.3. The van der Waals surface area contributed by atoms with E-state index in [0.717, 1.165) is 59.8 Å². The van der Waals surface area contributed by atoms with Crippen molar-refractivity contribution in [3.05, 3.63) is 114 Å². The van der Waals surface area contributed by atoms with Crippen LogP contribution in [0.2, 0.25) is 0 Å². The van der Waals surface area contributed by atoms with E-state index in [-0.39, 0.29) is 98.3 Å². The van der Waals surface area contributed by atoms with Crippen LogP contribution >= 0.6 is 0 Å². The number of nitrogens with two attached hydrogens (primary N) is 3. The zero-order valence-corrected chi connectivity index (χ0v) is 54.4. The van der Waals surface area contributed by atoms with Gasteiger partial charge >= 0.3 is 0 Å². The molecule has 4 rings (SSSR count). The van der Waals surface area contributed by atoms with Gasteiger partial charge in [-0.05, 0) is 137 Å². The molecular weight excluding hydrogens is 1140 g/mol. The molecule has 494 valence electrons. The lowest BCUT2D eigenvalue weighted by Crippen LogP contribution is -2.51. The van der Waals surface area contributed by atoms with Gasteiger partial charge in [-0.15, -0.1) is 0 Å². The van der Waals surface area contributed by atoms with Crippen LogP contribution in [0.4, 0.5) is 0 Å². The lowest BCUT2D eigenvalue weighted by molar-refractivity contribution is -0.134. The number of phenols is 1. The van der Waals surface area contributed by atoms with Crippen molar-refractivity contribution in [3.63, 3.8) is 0 Å². The second kappa shape index (κ2) is 42.2. The summed E-state index contributed by atoms with van der Waals surface area (Å²) in [7, 11) is 3.30. The second-order valence-electron chi connectivity index (χ2n) is 24.1. The van der Waals surface area contributed by atoms with Crippen molar-refractivity contribution >= 4 is 69.4 Å². The first-order valence-corrected chi connectivity index (χ1v) is 31.8. The van der Waals surface area contributed by atoms with Gasteiger partial charge in [0.25, 0.3) is 0 Å². The number of aromatic hydroxyl groups is 1. The van der Waals surface area contributed by atoms with Gasteiger partial charge in [0, 0.05) is 75.0 Å². The number of rotatable bonds is 43. The Morgan fingerprint density at radius 3 is 1.69 bits per heavy atom. The van der Waals surface area contributed by atoms with E-state index in [1.165, 1.54) is 6.92 Å². The van der Waals surface area contributed by atoms with Crippen molar-refractivity contribution in [1.82, 2.24) is 37.2 Å². The molecule has 0 unspecified atom stereocenters. The Bertz CT molecular complexity index is 2920. The van der Waals surface area contributed by atoms with Gasteiger partial charge in [-0.1, -0.05) is 126 Å². The number of nitrogens with zero attached hydrogens (tertiary/aromatic N) is 1. The van der Waals surface area contributed by atoms with Crippen LogP contribution in [0.5, 0.6) is 5.75 Å². The van der Waals surface area contributed by atoms with E-state index >= 15 is 0 Å². The minimum absolute atomic E-state index is 0.0119. The molecule has 21 nitrogen and oxygen atoms in total. The third kappa shape index (κ3) is 31.0. The van der Waals surface area contributed by atoms with E-state index in [4.69, 9.17) is 17.2 Å². The molecule has 0 spiro atoms. The molecule has 21 heteroatoms. The Hall–Kier alpha value is -7.88. The Labute approximate surface area is 532 Å². The van der Waals surface area contributed by atoms with Crippen molar-refractivity contribution < 1.29 is 48.3 Å². The summed E-state index contributed by atoms with van der Waals surface area (Å²) in [6.07, 6.45) is 6.24. The van der Waals surface area contributed by atoms with Crippen LogP contribution in [0, 0.1) is 23.7 Å². The Morgan fingerprint density at radius 1 is 0.522 bits per heavy atom. The molecule has 7 atom stereocenters. The quantitative estimate of drug-likeness (QED) is 0.0146. The number of guanidine groups is 1. The number of ketones is 4. The summed E-state index contributed by atoms with van der Waals surface area (Å²) in [5.41, 5.74) is 19.1. The molecule has 5 amide bonds. The highest BCUT2D eigenvalue weighted by Crippen LogP contribution is 2.23. The number of carbonyl (C=O) groups is 9. The second-order valence-corrected chi connectivity index (χ2v) is 24.1. The van der Waals surface area contributed by atoms with Crippen molar-refractivity contribution in [3.8, 4) is 5.75 Å². The molecule has 0 aliphatic rings. The Kier molecular flexibility index (Phi) is 35.8. The summed E-state index contributed by atoms with van der Waals surface area (Å²) >= 11 is 0. The van der Waals surface area contributed by atoms with Gasteiger partial charge in [0.05, 0.1) is 18.6 Å². The number of benzene rings is 4. The van der Waals surface area contributed by atoms with Gasteiger partial charge in [0.15, 0.2) is 17.5 Å². The van der Waals surface area contributed by atoms with Crippen LogP contribution in [-0.4, -0.2) is 134 Å². The largest absolute Gasteiger partial charge is 0.508 e. The molecule has 0 saturated heterocycles. The molecule has 0 heterocycles. The van der Waals surface area contributed by atoms with Crippen LogP contribution in [-0.2, 0) is 62.4 Å². The predicted molar refractivity (Wildman–Crippen MR) is 355 cm³/mol. The number of aliphatic imine (C=N–C) groups is 1. The number of Topliss-reactive ketones (excluding diaryl/α,β-unsaturated/α-hetero) is 4. The molecule has 14 N–H and O–H groups in total. The maximum atomic E-state index is 13.6. The van der Waals surface area contributed by atoms with E-state index < -0.39 is 59.4 Å². The first kappa shape index (κ1) is 76.4. The number of nitrogens with one attached hydrogen (secondary N) is 7. The number of hydrogen-bond acceptors (Lipinski definition) is 14. The summed E-state index contributed by atoms with van der Waals surface area (Å²) in [4.78, 5) is 121. The molecule has 90 heavy (non-hydrogen) atoms. The highest BCUT2D eigenvalue weighted by Gasteiger charge is 2.31. The van der Waals surface area contributed by atoms with Crippen molar-refractivity contribution in [2.24, 2.45) is 45.9 Å². The fourth-order valence-corrected chi connectivity index (χ4v) is 10.3. The maximum absolute atomic E-state index is 13.6. The van der Waals surface area contributed by atoms with Gasteiger partial charge in [0.2, 0.25) is 29.5 Å². The molecule has 0 radical (unpaired) electrons. The summed E-state index contributed by atoms with van der Waals surface area (Å²) in [5.74, 6) is -5.26. The minimum atomic E-state index is -0.913. The number of primary amides is 1. The first-order chi connectivity index (χ1) is 42.9. The molecule has 0 aliphatic heterocycles. The van der Waals surface area contributed by atoms with Crippen molar-refractivity contribution in [2.45, 2.75) is 174 Å². The van der Waals surface area contributed by atoms with E-state index in [0.29, 0.717) is 57.2 Å². The third-order valence-electron chi connectivity index (χ3n) is 15.7. The molecule has 0 saturated carbocycles. The predicted octanol–water partition coefficient (Wildman–Crippen LogP) is 5.59. The number of hydrogen-bond donors (Lipinski definition) is 11. The highest BCUT2D eigenvalue weighted by atomic mass is 16.3. The lowest BCUT2D eigenvalue weighted by Gasteiger charge is -2.24. The normalized spacial score (nSPS) is 13.5. The number of fused-ring (bicyclic) bond motifs is 1. The topological polar surface area (TPSA) is 348 Å². The van der Waals surface area contributed by atoms with Crippen LogP contribution in [0.1, 0.15) is 142 Å². The average molecular weight is 1250 g/mol. The smallest absolute Gasteiger partial charge is 0.239 e. The number of phenolic OH excluding ortho intramolecular Hbond substituents is 1. The SMILES string of the molecule is CC(=O)CC[C@@H](CC(=O)CNC(=O)[C@@H](CC(=O)[C@H](C)CCCN=C(N)N)Cc1ccc2ccccc2c1)C(=O)N[C@@H](CCCCNC(C)C)C(N)=O.CNC(=O)[C@H](CCCCNC(C)C)CC(=O)[C@H](Cc1ccc(O)cc1)NC(=O)[C@H](Cc1ccccc1)NC. The summed E-state index contributed by atoms with van der Waals surface area (Å²) in [6.45, 7) is 13.1. The van der Waals surface area contributed by atoms with Gasteiger partial charge in [-0.2, -0.15) is 0 Å². The molecule has 4 aromatic rings. The van der Waals surface area contributed by atoms with Gasteiger partial charge in [0.1, 0.15) is 23.4 Å². The summed E-state index contributed by atoms with van der Waals surface area (Å²) < 4.78 is 0. The molecular formula is C69H103N11O10. The number of carbonyl (C=O) groups excluding carboxylic acids is 9. The van der Waals surface area contributed by atoms with E-state index in [1.54, 1.807) is 38.4 Å². The van der Waals surface area contributed by atoms with Crippen LogP contribution < -0.4 is 54.4 Å². The zero-order valence-electron chi connectivity index (χ0n) is 54.4. The Morgan fingerprint density at radius 2 is 1.09 bits per heavy atom. The molecule has 0 fully saturated rings. The Balaban J connectivity index is 0.000000493. The lowest BCUT2D eigenvalue weighted by atomic mass is 9.87. The van der Waals surface area contributed by atoms with Crippen molar-refractivity contribution in [1.29, 1.82) is 0 Å². The standard InChI is InChI=1S/C39H59N7O6.C30H44N4O4/c1-25(2)43-18-8-7-13-34(36(40)50)46-38(52)31(16-14-27(4)47)22-33(48)24-45-37(51)32(23-35(49)26(3)10-9-19-44-39(41)42)21-28-15-17-29-11-5-6-12-30(29)20-28;1-21(2)33-17-9-8-12-24(29(37)32-4)20-28(36)26(18-23-13-15-25(35)16-14-23)34-30(38)27(31-3)19-22-10-6-5-7-11-22/h5-6,11-12,15,17,20,25-26,31-32,34,43H,7-10,13-14,16,18-19,21-24H2,1-4H3,(H2,40,50)(H,45,51)(H,46,52)(H4,41,42,44);5-7,10-11,13-16,21,24,26-27,31,33,35H,8-9,12,17-20H2,1-4H3,(H,32,37)(H,34,38)/t26-,31+,32-,34+;24-,26+,27+/m11/s1. The first-order valence-electron chi connectivity index (χ1n) is 31.8. The summed E-state index contributed by atoms with van der Waals surface area (Å²) in [5, 5.41) is 32.4. The minimum Gasteiger partial charge on any atom is -0.508 e. The monoisotopic (exact) mass is 1250 g/mol. The van der Waals surface area contributed by atoms with Gasteiger partial charge in [-0.25, -0.2) is 0 Å². The highest BCUT2D eigenvalue weighted by molar-refractivity contribution is 5.95. The third-order valence-corrected chi connectivity index (χ3v) is 15.7. The average Bonchev–Trinajstić information content (AvgIpc) is 1.69. The number of likely N-dealkylation sites (N-methyl/N-ethyl adjacent to an activating group) is 1. The van der Waals surface area contributed by atoms with Crippen LogP contribution in [0.25, 0.3) is 10.8 Å². The van der Waals surface area contributed by atoms with Crippen LogP contribution in [0.15, 0.2) is 102 Å². The molecule has 4 aromatic carbocycles. The zero-order chi connectivity index (χ0) is 66.5. The maximum Gasteiger partial charge on any atom is 0.239 e. The van der Waals surface area contributed by atoms with E-state index in [1.807, 2.05) is 93.6 Å². The van der Waals surface area contributed by atoms with Gasteiger partial charge in [-0.3, -0.25) is 43.3 Å². The van der Waals surface area contributed by atoms with Crippen molar-refractivity contribution in [2.75, 3.05) is 40.3 Å². The molecule has 0 aliphatic carbocycles. The molecule has 0 aromatic heterocycles. The number of unbranched alkanes of at least 4 members (excludes halogenated alkanes) is 2.